The van der Waals surface area contributed by atoms with Gasteiger partial charge in [-0.1, -0.05) is 32.4 Å². The van der Waals surface area contributed by atoms with E-state index in [2.05, 4.69) is 52.6 Å². The summed E-state index contributed by atoms with van der Waals surface area (Å²) in [5.41, 5.74) is 1.06. The van der Waals surface area contributed by atoms with Crippen LogP contribution in [0.15, 0.2) is 36.2 Å². The van der Waals surface area contributed by atoms with Crippen LogP contribution in [-0.4, -0.2) is 46.1 Å². The van der Waals surface area contributed by atoms with Crippen LogP contribution in [0.2, 0.25) is 0 Å². The van der Waals surface area contributed by atoms with Crippen molar-refractivity contribution < 1.29 is 28.5 Å². The van der Waals surface area contributed by atoms with Crippen molar-refractivity contribution in [2.75, 3.05) is 0 Å². The third-order valence-electron chi connectivity index (χ3n) is 12.9. The second-order valence-electron chi connectivity index (χ2n) is 14.9. The van der Waals surface area contributed by atoms with Gasteiger partial charge in [-0.2, -0.15) is 0 Å². The Kier molecular flexibility index (Phi) is 5.16. The minimum atomic E-state index is -1.23. The van der Waals surface area contributed by atoms with Crippen LogP contribution in [0.4, 0.5) is 0 Å². The largest absolute Gasteiger partial charge is 0.456 e. The van der Waals surface area contributed by atoms with Crippen molar-refractivity contribution in [2.24, 2.45) is 35.0 Å². The summed E-state index contributed by atoms with van der Waals surface area (Å²) in [5.74, 6) is 0.771. The van der Waals surface area contributed by atoms with E-state index in [9.17, 15) is 4.79 Å². The van der Waals surface area contributed by atoms with Gasteiger partial charge in [-0.15, -0.1) is 0 Å². The number of fused-ring (bicyclic) bond motifs is 8. The zero-order valence-corrected chi connectivity index (χ0v) is 24.6. The number of aromatic nitrogens is 1. The molecule has 4 aliphatic heterocycles. The second-order valence-corrected chi connectivity index (χ2v) is 14.9. The second kappa shape index (κ2) is 7.97. The van der Waals surface area contributed by atoms with Crippen molar-refractivity contribution in [3.05, 3.63) is 41.7 Å². The van der Waals surface area contributed by atoms with Crippen LogP contribution in [0, 0.1) is 35.0 Å². The molecule has 0 aromatic carbocycles. The smallest absolute Gasteiger partial charge is 0.315 e. The number of epoxide rings is 1. The molecule has 3 aliphatic carbocycles. The van der Waals surface area contributed by atoms with Crippen LogP contribution >= 0.6 is 0 Å². The molecular weight excluding hydrogens is 506 g/mol. The number of ether oxygens (including phenoxy) is 5. The van der Waals surface area contributed by atoms with Crippen LogP contribution in [0.25, 0.3) is 0 Å². The molecule has 0 N–H and O–H groups in total. The predicted molar refractivity (Wildman–Crippen MR) is 146 cm³/mol. The van der Waals surface area contributed by atoms with Gasteiger partial charge in [-0.3, -0.25) is 9.78 Å². The zero-order chi connectivity index (χ0) is 27.9. The Morgan fingerprint density at radius 1 is 1.12 bits per heavy atom. The fourth-order valence-corrected chi connectivity index (χ4v) is 10.2. The normalized spacial score (nSPS) is 52.4. The lowest BCUT2D eigenvalue weighted by molar-refractivity contribution is -0.407. The molecule has 1 spiro atoms. The van der Waals surface area contributed by atoms with Crippen molar-refractivity contribution in [1.29, 1.82) is 0 Å². The molecule has 0 amide bonds. The van der Waals surface area contributed by atoms with Crippen LogP contribution in [0.3, 0.4) is 0 Å². The van der Waals surface area contributed by atoms with Gasteiger partial charge in [0, 0.05) is 43.5 Å². The maximum absolute atomic E-state index is 12.2. The number of rotatable bonds is 3. The molecule has 216 valence electrons. The highest BCUT2D eigenvalue weighted by molar-refractivity contribution is 5.73. The SMILES string of the molecule is CC(C1CC2(C)OC(c3cccnc3)(O1)OC2(C)C)C1CCC2C3C(=CCC12C)C(C)C1(CCC(=O)O1)C1OC31. The number of allylic oxidation sites excluding steroid dienone is 1. The van der Waals surface area contributed by atoms with Crippen LogP contribution in [-0.2, 0) is 34.5 Å². The highest BCUT2D eigenvalue weighted by atomic mass is 16.9. The first kappa shape index (κ1) is 25.9. The maximum atomic E-state index is 12.2. The molecule has 2 saturated carbocycles. The molecule has 12 atom stereocenters. The third kappa shape index (κ3) is 3.16. The lowest BCUT2D eigenvalue weighted by Crippen LogP contribution is -2.55. The molecule has 7 nitrogen and oxygen atoms in total. The summed E-state index contributed by atoms with van der Waals surface area (Å²) in [7, 11) is 0. The Bertz CT molecular complexity index is 1280. The Labute approximate surface area is 237 Å². The fourth-order valence-electron chi connectivity index (χ4n) is 10.2. The number of carbonyl (C=O) groups excluding carboxylic acids is 1. The van der Waals surface area contributed by atoms with Crippen LogP contribution < -0.4 is 0 Å². The van der Waals surface area contributed by atoms with Gasteiger partial charge < -0.3 is 23.7 Å². The minimum Gasteiger partial charge on any atom is -0.456 e. The first-order valence-corrected chi connectivity index (χ1v) is 15.5. The van der Waals surface area contributed by atoms with Gasteiger partial charge in [0.2, 0.25) is 0 Å². The monoisotopic (exact) mass is 549 g/mol. The summed E-state index contributed by atoms with van der Waals surface area (Å²) in [4.78, 5) is 16.5. The summed E-state index contributed by atoms with van der Waals surface area (Å²) < 4.78 is 32.6. The molecule has 7 heteroatoms. The van der Waals surface area contributed by atoms with Crippen molar-refractivity contribution >= 4 is 5.97 Å². The van der Waals surface area contributed by atoms with E-state index in [1.54, 1.807) is 12.4 Å². The van der Waals surface area contributed by atoms with Gasteiger partial charge in [-0.25, -0.2) is 0 Å². The average molecular weight is 550 g/mol. The molecule has 40 heavy (non-hydrogen) atoms. The topological polar surface area (TPSA) is 79.4 Å². The van der Waals surface area contributed by atoms with Crippen molar-refractivity contribution in [3.8, 4) is 0 Å². The van der Waals surface area contributed by atoms with Gasteiger partial charge in [0.25, 0.3) is 0 Å². The van der Waals surface area contributed by atoms with Crippen molar-refractivity contribution in [1.82, 2.24) is 4.98 Å². The fraction of sp³-hybridized carbons (Fsp3) is 0.758. The molecule has 6 fully saturated rings. The zero-order valence-electron chi connectivity index (χ0n) is 24.6. The molecule has 4 saturated heterocycles. The Hall–Kier alpha value is -1.80. The molecule has 2 bridgehead atoms. The van der Waals surface area contributed by atoms with Gasteiger partial charge >= 0.3 is 11.9 Å². The van der Waals surface area contributed by atoms with E-state index in [-0.39, 0.29) is 35.6 Å². The van der Waals surface area contributed by atoms with E-state index < -0.39 is 22.8 Å². The van der Waals surface area contributed by atoms with E-state index in [1.165, 1.54) is 18.4 Å². The van der Waals surface area contributed by atoms with Gasteiger partial charge in [-0.05, 0) is 75.3 Å². The summed E-state index contributed by atoms with van der Waals surface area (Å²) >= 11 is 0. The number of hydrogen-bond donors (Lipinski definition) is 0. The van der Waals surface area contributed by atoms with Crippen molar-refractivity contribution in [2.45, 2.75) is 121 Å². The molecule has 1 aromatic rings. The molecule has 0 radical (unpaired) electrons. The molecule has 5 heterocycles. The number of pyridine rings is 1. The molecular formula is C33H43NO6. The number of esters is 1. The first-order chi connectivity index (χ1) is 18.9. The van der Waals surface area contributed by atoms with Gasteiger partial charge in [0.15, 0.2) is 0 Å². The lowest BCUT2D eigenvalue weighted by Gasteiger charge is -2.52. The summed E-state index contributed by atoms with van der Waals surface area (Å²) in [6.07, 6.45) is 11.9. The summed E-state index contributed by atoms with van der Waals surface area (Å²) in [5, 5.41) is 0. The predicted octanol–water partition coefficient (Wildman–Crippen LogP) is 5.67. The Balaban J connectivity index is 1.10. The van der Waals surface area contributed by atoms with Crippen LogP contribution in [0.1, 0.15) is 85.6 Å². The third-order valence-corrected chi connectivity index (χ3v) is 12.9. The molecule has 12 unspecified atom stereocenters. The minimum absolute atomic E-state index is 0.00283. The number of hydrogen-bond acceptors (Lipinski definition) is 7. The summed E-state index contributed by atoms with van der Waals surface area (Å²) in [6, 6.07) is 3.91. The van der Waals surface area contributed by atoms with Crippen molar-refractivity contribution in [3.63, 3.8) is 0 Å². The Morgan fingerprint density at radius 3 is 2.67 bits per heavy atom. The molecule has 1 aromatic heterocycles. The highest BCUT2D eigenvalue weighted by Gasteiger charge is 2.73. The lowest BCUT2D eigenvalue weighted by atomic mass is 9.53. The average Bonchev–Trinajstić information content (AvgIpc) is 3.47. The van der Waals surface area contributed by atoms with Crippen LogP contribution in [0.5, 0.6) is 0 Å². The standard InChI is InChI=1S/C33H43NO6/c1-18(24-16-31(6)29(3,4)39-33(37-24,40-31)20-8-7-15-34-17-20)22-9-10-23-26-21(11-13-30(22,23)5)19(2)32(28-27(26)36-28)14-12-25(35)38-32/h7-8,11,15,17-19,22-24,26-28H,9-10,12-14,16H2,1-6H3. The van der Waals surface area contributed by atoms with Gasteiger partial charge in [0.1, 0.15) is 17.3 Å². The molecule has 7 aliphatic rings. The van der Waals surface area contributed by atoms with Gasteiger partial charge in [0.05, 0.1) is 23.4 Å². The van der Waals surface area contributed by atoms with E-state index in [0.29, 0.717) is 30.1 Å². The highest BCUT2D eigenvalue weighted by Crippen LogP contribution is 2.68. The number of carbonyl (C=O) groups is 1. The van der Waals surface area contributed by atoms with E-state index in [0.717, 1.165) is 24.8 Å². The quantitative estimate of drug-likeness (QED) is 0.273. The Morgan fingerprint density at radius 2 is 1.95 bits per heavy atom. The van der Waals surface area contributed by atoms with E-state index >= 15 is 0 Å². The molecule has 8 rings (SSSR count). The van der Waals surface area contributed by atoms with E-state index in [1.807, 2.05) is 12.1 Å². The van der Waals surface area contributed by atoms with E-state index in [4.69, 9.17) is 23.7 Å². The maximum Gasteiger partial charge on any atom is 0.315 e. The summed E-state index contributed by atoms with van der Waals surface area (Å²) in [6.45, 7) is 13.6. The number of nitrogens with zero attached hydrogens (tertiary/aromatic N) is 1. The first-order valence-electron chi connectivity index (χ1n) is 15.5.